The number of hydrogen-bond acceptors (Lipinski definition) is 4. The highest BCUT2D eigenvalue weighted by atomic mass is 16.5. The highest BCUT2D eigenvalue weighted by molar-refractivity contribution is 4.61. The third-order valence-corrected chi connectivity index (χ3v) is 1.13. The van der Waals surface area contributed by atoms with Crippen LogP contribution in [0, 0.1) is 0 Å². The van der Waals surface area contributed by atoms with E-state index < -0.39 is 0 Å². The molecule has 1 aromatic heterocycles. The quantitative estimate of drug-likeness (QED) is 0.560. The molecule has 0 aliphatic rings. The summed E-state index contributed by atoms with van der Waals surface area (Å²) < 4.78 is 11.6. The molecule has 0 amide bonds. The van der Waals surface area contributed by atoms with Crippen molar-refractivity contribution in [2.75, 3.05) is 20.3 Å². The van der Waals surface area contributed by atoms with Gasteiger partial charge in [0.15, 0.2) is 0 Å². The Bertz CT molecular complexity index is 176. The number of nitrogens with zero attached hydrogens (tertiary/aromatic N) is 3. The highest BCUT2D eigenvalue weighted by Crippen LogP contribution is 1.82. The number of methoxy groups -OCH3 is 1. The monoisotopic (exact) mass is 157 g/mol. The summed E-state index contributed by atoms with van der Waals surface area (Å²) in [4.78, 5) is 0. The first-order valence-corrected chi connectivity index (χ1v) is 3.34. The molecule has 0 saturated carbocycles. The molecule has 0 N–H and O–H groups in total. The van der Waals surface area contributed by atoms with Gasteiger partial charge in [-0.25, -0.2) is 4.68 Å². The molecule has 1 heterocycles. The van der Waals surface area contributed by atoms with Crippen LogP contribution in [0.25, 0.3) is 0 Å². The van der Waals surface area contributed by atoms with Crippen molar-refractivity contribution in [2.24, 2.45) is 0 Å². The second kappa shape index (κ2) is 4.81. The Kier molecular flexibility index (Phi) is 3.57. The molecule has 0 aromatic carbocycles. The molecular weight excluding hydrogens is 146 g/mol. The van der Waals surface area contributed by atoms with Crippen LogP contribution in [0.4, 0.5) is 0 Å². The summed E-state index contributed by atoms with van der Waals surface area (Å²) in [5.41, 5.74) is 0. The summed E-state index contributed by atoms with van der Waals surface area (Å²) in [5, 5.41) is 7.34. The molecule has 0 saturated heterocycles. The summed E-state index contributed by atoms with van der Waals surface area (Å²) in [6, 6.07) is 0. The number of ether oxygens (including phenoxy) is 2. The molecule has 62 valence electrons. The molecule has 1 aromatic rings. The molecule has 0 fully saturated rings. The van der Waals surface area contributed by atoms with Crippen LogP contribution in [0.3, 0.4) is 0 Å². The summed E-state index contributed by atoms with van der Waals surface area (Å²) in [6.45, 7) is 1.62. The topological polar surface area (TPSA) is 49.2 Å². The van der Waals surface area contributed by atoms with Gasteiger partial charge in [-0.15, -0.1) is 5.10 Å². The van der Waals surface area contributed by atoms with Crippen molar-refractivity contribution in [3.05, 3.63) is 12.4 Å². The lowest BCUT2D eigenvalue weighted by Gasteiger charge is -2.01. The van der Waals surface area contributed by atoms with Gasteiger partial charge in [-0.2, -0.15) is 0 Å². The Balaban J connectivity index is 2.04. The Hall–Kier alpha value is -0.940. The van der Waals surface area contributed by atoms with E-state index in [4.69, 9.17) is 9.47 Å². The molecule has 5 heteroatoms. The van der Waals surface area contributed by atoms with E-state index in [2.05, 4.69) is 10.3 Å². The molecule has 0 aliphatic heterocycles. The summed E-state index contributed by atoms with van der Waals surface area (Å²) >= 11 is 0. The largest absolute Gasteiger partial charge is 0.382 e. The third-order valence-electron chi connectivity index (χ3n) is 1.13. The minimum absolute atomic E-state index is 0.434. The maximum Gasteiger partial charge on any atom is 0.141 e. The molecule has 1 rings (SSSR count). The Morgan fingerprint density at radius 2 is 2.36 bits per heavy atom. The molecule has 0 aliphatic carbocycles. The molecule has 0 atom stereocenters. The fourth-order valence-electron chi connectivity index (χ4n) is 0.602. The summed E-state index contributed by atoms with van der Waals surface area (Å²) in [7, 11) is 1.64. The number of aromatic nitrogens is 3. The molecule has 0 radical (unpaired) electrons. The van der Waals surface area contributed by atoms with Crippen LogP contribution in [0.5, 0.6) is 0 Å². The lowest BCUT2D eigenvalue weighted by atomic mass is 10.8. The van der Waals surface area contributed by atoms with E-state index in [9.17, 15) is 0 Å². The normalized spacial score (nSPS) is 10.3. The predicted molar refractivity (Wildman–Crippen MR) is 37.9 cm³/mol. The lowest BCUT2D eigenvalue weighted by molar-refractivity contribution is 0.0281. The van der Waals surface area contributed by atoms with Crippen LogP contribution in [0.2, 0.25) is 0 Å². The van der Waals surface area contributed by atoms with Gasteiger partial charge in [0, 0.05) is 13.3 Å². The van der Waals surface area contributed by atoms with E-state index in [-0.39, 0.29) is 0 Å². The predicted octanol–water partition coefficient (Wildman–Crippen LogP) is -0.101. The van der Waals surface area contributed by atoms with E-state index in [1.54, 1.807) is 24.2 Å². The van der Waals surface area contributed by atoms with Crippen molar-refractivity contribution in [1.29, 1.82) is 0 Å². The standard InChI is InChI=1S/C6H11N3O2/c1-10-4-5-11-6-9-3-2-7-8-9/h2-3H,4-6H2,1H3. The van der Waals surface area contributed by atoms with Crippen molar-refractivity contribution in [2.45, 2.75) is 6.73 Å². The van der Waals surface area contributed by atoms with Gasteiger partial charge >= 0.3 is 0 Å². The van der Waals surface area contributed by atoms with Crippen LogP contribution < -0.4 is 0 Å². The molecular formula is C6H11N3O2. The fraction of sp³-hybridized carbons (Fsp3) is 0.667. The van der Waals surface area contributed by atoms with Gasteiger partial charge in [-0.1, -0.05) is 5.21 Å². The fourth-order valence-corrected chi connectivity index (χ4v) is 0.602. The minimum atomic E-state index is 0.434. The molecule has 11 heavy (non-hydrogen) atoms. The van der Waals surface area contributed by atoms with Crippen molar-refractivity contribution in [1.82, 2.24) is 15.0 Å². The highest BCUT2D eigenvalue weighted by Gasteiger charge is 1.89. The van der Waals surface area contributed by atoms with Gasteiger partial charge in [-0.05, 0) is 0 Å². The lowest BCUT2D eigenvalue weighted by Crippen LogP contribution is -2.07. The second-order valence-electron chi connectivity index (χ2n) is 1.97. The average Bonchev–Trinajstić information content (AvgIpc) is 2.50. The second-order valence-corrected chi connectivity index (χ2v) is 1.97. The zero-order valence-electron chi connectivity index (χ0n) is 6.43. The van der Waals surface area contributed by atoms with E-state index in [1.807, 2.05) is 0 Å². The number of hydrogen-bond donors (Lipinski definition) is 0. The maximum absolute atomic E-state index is 5.15. The van der Waals surface area contributed by atoms with E-state index in [0.29, 0.717) is 19.9 Å². The first-order chi connectivity index (χ1) is 5.43. The molecule has 0 bridgehead atoms. The molecule has 5 nitrogen and oxygen atoms in total. The van der Waals surface area contributed by atoms with E-state index in [1.165, 1.54) is 0 Å². The van der Waals surface area contributed by atoms with Crippen LogP contribution >= 0.6 is 0 Å². The van der Waals surface area contributed by atoms with Crippen molar-refractivity contribution >= 4 is 0 Å². The van der Waals surface area contributed by atoms with Crippen molar-refractivity contribution < 1.29 is 9.47 Å². The zero-order chi connectivity index (χ0) is 7.94. The first kappa shape index (κ1) is 8.16. The summed E-state index contributed by atoms with van der Waals surface area (Å²) in [6.07, 6.45) is 3.35. The van der Waals surface area contributed by atoms with Gasteiger partial charge < -0.3 is 9.47 Å². The van der Waals surface area contributed by atoms with Gasteiger partial charge in [0.25, 0.3) is 0 Å². The van der Waals surface area contributed by atoms with Crippen LogP contribution in [-0.4, -0.2) is 35.3 Å². The maximum atomic E-state index is 5.15. The Labute approximate surface area is 64.9 Å². The zero-order valence-corrected chi connectivity index (χ0v) is 6.43. The van der Waals surface area contributed by atoms with Gasteiger partial charge in [0.05, 0.1) is 19.4 Å². The first-order valence-electron chi connectivity index (χ1n) is 3.34. The Morgan fingerprint density at radius 1 is 1.45 bits per heavy atom. The average molecular weight is 157 g/mol. The molecule has 0 spiro atoms. The Morgan fingerprint density at radius 3 is 3.00 bits per heavy atom. The van der Waals surface area contributed by atoms with Gasteiger partial charge in [-0.3, -0.25) is 0 Å². The number of rotatable bonds is 5. The van der Waals surface area contributed by atoms with Crippen LogP contribution in [-0.2, 0) is 16.2 Å². The van der Waals surface area contributed by atoms with Gasteiger partial charge in [0.2, 0.25) is 0 Å². The van der Waals surface area contributed by atoms with Crippen LogP contribution in [0.15, 0.2) is 12.4 Å². The van der Waals surface area contributed by atoms with E-state index in [0.717, 1.165) is 0 Å². The third kappa shape index (κ3) is 3.10. The molecule has 0 unspecified atom stereocenters. The van der Waals surface area contributed by atoms with Crippen molar-refractivity contribution in [3.63, 3.8) is 0 Å². The van der Waals surface area contributed by atoms with E-state index >= 15 is 0 Å². The van der Waals surface area contributed by atoms with Gasteiger partial charge in [0.1, 0.15) is 6.73 Å². The summed E-state index contributed by atoms with van der Waals surface area (Å²) in [5.74, 6) is 0. The minimum Gasteiger partial charge on any atom is -0.382 e. The SMILES string of the molecule is COCCOCn1ccnn1. The van der Waals surface area contributed by atoms with Crippen molar-refractivity contribution in [3.8, 4) is 0 Å². The smallest absolute Gasteiger partial charge is 0.141 e. The van der Waals surface area contributed by atoms with Crippen LogP contribution in [0.1, 0.15) is 0 Å².